The molecule has 9 nitrogen and oxygen atoms in total. The zero-order valence-corrected chi connectivity index (χ0v) is 14.4. The van der Waals surface area contributed by atoms with Crippen molar-refractivity contribution in [3.8, 4) is 0 Å². The van der Waals surface area contributed by atoms with Gasteiger partial charge in [-0.15, -0.1) is 0 Å². The van der Waals surface area contributed by atoms with E-state index in [2.05, 4.69) is 11.1 Å². The van der Waals surface area contributed by atoms with Gasteiger partial charge in [-0.2, -0.15) is 0 Å². The highest BCUT2D eigenvalue weighted by Gasteiger charge is 1.88. The van der Waals surface area contributed by atoms with Crippen LogP contribution in [0.2, 0.25) is 0 Å². The van der Waals surface area contributed by atoms with Crippen LogP contribution in [0, 0.1) is 0 Å². The molecule has 0 aliphatic heterocycles. The Morgan fingerprint density at radius 3 is 1.28 bits per heavy atom. The zero-order valence-electron chi connectivity index (χ0n) is 14.4. The summed E-state index contributed by atoms with van der Waals surface area (Å²) < 4.78 is 0. The van der Waals surface area contributed by atoms with Crippen molar-refractivity contribution in [2.24, 2.45) is 5.73 Å². The van der Waals surface area contributed by atoms with Gasteiger partial charge in [0.1, 0.15) is 0 Å². The number of carbonyl (C=O) groups is 6. The molecule has 0 saturated heterocycles. The van der Waals surface area contributed by atoms with E-state index in [1.165, 1.54) is 40.0 Å². The molecule has 138 valence electrons. The lowest BCUT2D eigenvalue weighted by Crippen LogP contribution is -2.14. The lowest BCUT2D eigenvalue weighted by molar-refractivity contribution is -0.131. The first-order chi connectivity index (χ1) is 11.4. The maximum atomic E-state index is 10.4. The number of allylic oxidation sites excluding steroid dienone is 3. The van der Waals surface area contributed by atoms with Gasteiger partial charge in [-0.3, -0.25) is 24.0 Å². The minimum absolute atomic E-state index is 0.126. The fourth-order valence-electron chi connectivity index (χ4n) is 0.665. The molecule has 0 fully saturated rings. The second-order valence-corrected chi connectivity index (χ2v) is 4.19. The Bertz CT molecular complexity index is 521. The van der Waals surface area contributed by atoms with E-state index in [0.717, 1.165) is 24.3 Å². The maximum absolute atomic E-state index is 10.4. The Kier molecular flexibility index (Phi) is 18.0. The number of nitrogens with one attached hydrogen (secondary N) is 1. The van der Waals surface area contributed by atoms with Crippen molar-refractivity contribution in [3.05, 3.63) is 36.5 Å². The molecule has 0 atom stereocenters. The van der Waals surface area contributed by atoms with Crippen LogP contribution in [0.1, 0.15) is 20.8 Å². The Labute approximate surface area is 145 Å². The molecule has 0 rings (SSSR count). The molecular weight excluding hydrogens is 332 g/mol. The molecule has 0 aromatic rings. The number of aliphatic carboxylic acids is 1. The Hall–Kier alpha value is -3.36. The summed E-state index contributed by atoms with van der Waals surface area (Å²) in [5, 5.41) is 10.3. The number of likely N-dealkylation sites (N-methyl/N-ethyl adjacent to an activating group) is 1. The smallest absolute Gasteiger partial charge is 0.328 e. The second kappa shape index (κ2) is 17.0. The first-order valence-corrected chi connectivity index (χ1v) is 6.72. The van der Waals surface area contributed by atoms with Crippen molar-refractivity contribution in [1.29, 1.82) is 0 Å². The van der Waals surface area contributed by atoms with Crippen LogP contribution >= 0.6 is 0 Å². The molecule has 0 bridgehead atoms. The van der Waals surface area contributed by atoms with E-state index in [1.807, 2.05) is 0 Å². The molecule has 2 amide bonds. The molecule has 0 spiro atoms. The lowest BCUT2D eigenvalue weighted by Gasteiger charge is -1.85. The van der Waals surface area contributed by atoms with Crippen LogP contribution in [-0.2, 0) is 28.8 Å². The summed E-state index contributed by atoms with van der Waals surface area (Å²) in [7, 11) is 1.51. The standard InChI is InChI=1S/C6H9NO2.C5H7NO2.C5H6O3/c1-5(8)3-4-6(9)7-2;1-4(7)2-3-5(6)8;1-4(6)2-3-5(7)8/h3-4H,1-2H3,(H,7,9);2-3H,1H3,(H2,6,8);2-3H,1H3,(H,7,8)/b4-3-;2*3-2-. The number of hydrogen-bond donors (Lipinski definition) is 3. The summed E-state index contributed by atoms with van der Waals surface area (Å²) in [4.78, 5) is 60.2. The highest BCUT2D eigenvalue weighted by molar-refractivity contribution is 5.96. The van der Waals surface area contributed by atoms with Gasteiger partial charge in [0.15, 0.2) is 17.3 Å². The summed E-state index contributed by atoms with van der Waals surface area (Å²) >= 11 is 0. The highest BCUT2D eigenvalue weighted by Crippen LogP contribution is 1.74. The number of hydrogen-bond acceptors (Lipinski definition) is 6. The first-order valence-electron chi connectivity index (χ1n) is 6.72. The monoisotopic (exact) mass is 354 g/mol. The number of carbonyl (C=O) groups excluding carboxylic acids is 5. The summed E-state index contributed by atoms with van der Waals surface area (Å²) in [5.41, 5.74) is 4.66. The van der Waals surface area contributed by atoms with Crippen molar-refractivity contribution in [1.82, 2.24) is 5.32 Å². The number of rotatable bonds is 6. The van der Waals surface area contributed by atoms with Gasteiger partial charge in [-0.05, 0) is 39.0 Å². The van der Waals surface area contributed by atoms with Gasteiger partial charge in [-0.1, -0.05) is 0 Å². The van der Waals surface area contributed by atoms with Crippen LogP contribution in [0.15, 0.2) is 36.5 Å². The van der Waals surface area contributed by atoms with E-state index in [-0.39, 0.29) is 23.3 Å². The minimum atomic E-state index is -1.10. The molecule has 0 unspecified atom stereocenters. The summed E-state index contributed by atoms with van der Waals surface area (Å²) in [6.45, 7) is 4.03. The fourth-order valence-corrected chi connectivity index (χ4v) is 0.665. The Balaban J connectivity index is -0.000000291. The summed E-state index contributed by atoms with van der Waals surface area (Å²) in [6.07, 6.45) is 6.39. The van der Waals surface area contributed by atoms with E-state index < -0.39 is 11.9 Å². The predicted octanol–water partition coefficient (Wildman–Crippen LogP) is -0.289. The largest absolute Gasteiger partial charge is 0.478 e. The predicted molar refractivity (Wildman–Crippen MR) is 90.4 cm³/mol. The van der Waals surface area contributed by atoms with Gasteiger partial charge >= 0.3 is 5.97 Å². The lowest BCUT2D eigenvalue weighted by atomic mass is 10.4. The van der Waals surface area contributed by atoms with Gasteiger partial charge in [0, 0.05) is 25.3 Å². The van der Waals surface area contributed by atoms with Crippen LogP contribution in [-0.4, -0.2) is 47.3 Å². The van der Waals surface area contributed by atoms with Gasteiger partial charge in [-0.25, -0.2) is 4.79 Å². The molecule has 9 heteroatoms. The normalized spacial score (nSPS) is 9.60. The van der Waals surface area contributed by atoms with Gasteiger partial charge in [0.25, 0.3) is 0 Å². The number of carboxylic acids is 1. The van der Waals surface area contributed by atoms with Crippen LogP contribution in [0.3, 0.4) is 0 Å². The Morgan fingerprint density at radius 1 is 0.720 bits per heavy atom. The molecule has 0 saturated carbocycles. The van der Waals surface area contributed by atoms with Crippen LogP contribution < -0.4 is 11.1 Å². The van der Waals surface area contributed by atoms with Gasteiger partial charge in [0.05, 0.1) is 0 Å². The first kappa shape index (κ1) is 26.5. The molecule has 0 aromatic heterocycles. The quantitative estimate of drug-likeness (QED) is 0.552. The molecule has 0 heterocycles. The third kappa shape index (κ3) is 38.5. The maximum Gasteiger partial charge on any atom is 0.328 e. The van der Waals surface area contributed by atoms with Crippen LogP contribution in [0.25, 0.3) is 0 Å². The van der Waals surface area contributed by atoms with E-state index in [1.54, 1.807) is 0 Å². The third-order valence-electron chi connectivity index (χ3n) is 1.66. The van der Waals surface area contributed by atoms with Crippen molar-refractivity contribution in [2.45, 2.75) is 20.8 Å². The van der Waals surface area contributed by atoms with E-state index in [4.69, 9.17) is 5.11 Å². The number of ketones is 3. The summed E-state index contributed by atoms with van der Waals surface area (Å²) in [5.74, 6) is -2.51. The van der Waals surface area contributed by atoms with E-state index in [9.17, 15) is 28.8 Å². The van der Waals surface area contributed by atoms with Crippen molar-refractivity contribution in [2.75, 3.05) is 7.05 Å². The molecule has 25 heavy (non-hydrogen) atoms. The SMILES string of the molecule is CC(=O)/C=C\C(=O)O.CC(=O)/C=C\C(N)=O.CNC(=O)/C=C\C(C)=O. The molecule has 0 radical (unpaired) electrons. The minimum Gasteiger partial charge on any atom is -0.478 e. The second-order valence-electron chi connectivity index (χ2n) is 4.19. The molecule has 0 aliphatic rings. The molecular formula is C16H22N2O7. The molecule has 0 aromatic carbocycles. The van der Waals surface area contributed by atoms with Crippen molar-refractivity contribution >= 4 is 35.1 Å². The number of nitrogens with two attached hydrogens (primary N) is 1. The van der Waals surface area contributed by atoms with Gasteiger partial charge < -0.3 is 16.2 Å². The summed E-state index contributed by atoms with van der Waals surface area (Å²) in [6, 6.07) is 0. The number of carboxylic acid groups (broad SMARTS) is 1. The zero-order chi connectivity index (χ0) is 20.4. The van der Waals surface area contributed by atoms with Crippen LogP contribution in [0.5, 0.6) is 0 Å². The van der Waals surface area contributed by atoms with Crippen LogP contribution in [0.4, 0.5) is 0 Å². The highest BCUT2D eigenvalue weighted by atomic mass is 16.4. The van der Waals surface area contributed by atoms with Gasteiger partial charge in [0.2, 0.25) is 11.8 Å². The van der Waals surface area contributed by atoms with E-state index >= 15 is 0 Å². The van der Waals surface area contributed by atoms with Crippen molar-refractivity contribution in [3.63, 3.8) is 0 Å². The number of primary amides is 1. The Morgan fingerprint density at radius 2 is 1.08 bits per heavy atom. The van der Waals surface area contributed by atoms with Crippen molar-refractivity contribution < 1.29 is 33.9 Å². The molecule has 4 N–H and O–H groups in total. The average Bonchev–Trinajstić information content (AvgIpc) is 2.49. The number of amides is 2. The third-order valence-corrected chi connectivity index (χ3v) is 1.66. The van der Waals surface area contributed by atoms with E-state index in [0.29, 0.717) is 0 Å². The fraction of sp³-hybridized carbons (Fsp3) is 0.250. The average molecular weight is 354 g/mol. The topological polar surface area (TPSA) is 161 Å². The molecule has 0 aliphatic carbocycles.